The number of rotatable bonds is 4. The largest absolute Gasteiger partial charge is 0.384 e. The minimum atomic E-state index is 0.358. The lowest BCUT2D eigenvalue weighted by atomic mass is 9.92. The lowest BCUT2D eigenvalue weighted by molar-refractivity contribution is 0.172. The second-order valence-corrected chi connectivity index (χ2v) is 6.93. The highest BCUT2D eigenvalue weighted by molar-refractivity contribution is 5.51. The van der Waals surface area contributed by atoms with Gasteiger partial charge in [0, 0.05) is 37.8 Å². The Balaban J connectivity index is 1.53. The Morgan fingerprint density at radius 1 is 1.19 bits per heavy atom. The van der Waals surface area contributed by atoms with E-state index in [9.17, 15) is 0 Å². The average molecular weight is 286 g/mol. The van der Waals surface area contributed by atoms with Crippen molar-refractivity contribution in [3.63, 3.8) is 0 Å². The summed E-state index contributed by atoms with van der Waals surface area (Å²) in [5, 5.41) is 3.56. The molecule has 3 nitrogen and oxygen atoms in total. The van der Waals surface area contributed by atoms with Crippen LogP contribution in [-0.2, 0) is 10.2 Å². The van der Waals surface area contributed by atoms with Crippen LogP contribution in [-0.4, -0.2) is 39.9 Å². The quantitative estimate of drug-likeness (QED) is 0.920. The second kappa shape index (κ2) is 5.29. The molecule has 2 aliphatic heterocycles. The van der Waals surface area contributed by atoms with Crippen molar-refractivity contribution in [1.29, 1.82) is 0 Å². The number of nitrogens with zero attached hydrogens (tertiary/aromatic N) is 1. The first-order valence-electron chi connectivity index (χ1n) is 8.41. The van der Waals surface area contributed by atoms with Crippen LogP contribution in [0, 0.1) is 11.8 Å². The molecule has 1 aliphatic carbocycles. The maximum atomic E-state index is 5.43. The fourth-order valence-corrected chi connectivity index (χ4v) is 4.73. The predicted molar refractivity (Wildman–Crippen MR) is 85.9 cm³/mol. The molecule has 0 amide bonds. The van der Waals surface area contributed by atoms with E-state index in [0.717, 1.165) is 25.6 Å². The molecule has 2 saturated heterocycles. The van der Waals surface area contributed by atoms with E-state index in [4.69, 9.17) is 4.74 Å². The minimum absolute atomic E-state index is 0.358. The molecule has 2 heterocycles. The van der Waals surface area contributed by atoms with Gasteiger partial charge in [0.15, 0.2) is 0 Å². The van der Waals surface area contributed by atoms with Crippen LogP contribution >= 0.6 is 0 Å². The zero-order chi connectivity index (χ0) is 14.3. The molecule has 21 heavy (non-hydrogen) atoms. The molecule has 0 radical (unpaired) electrons. The highest BCUT2D eigenvalue weighted by Gasteiger charge is 2.67. The van der Waals surface area contributed by atoms with Crippen molar-refractivity contribution in [1.82, 2.24) is 5.32 Å². The van der Waals surface area contributed by atoms with Gasteiger partial charge in [0.2, 0.25) is 0 Å². The normalized spacial score (nSPS) is 34.8. The van der Waals surface area contributed by atoms with Crippen LogP contribution in [0.2, 0.25) is 0 Å². The number of anilines is 1. The predicted octanol–water partition coefficient (Wildman–Crippen LogP) is 2.41. The molecule has 0 bridgehead atoms. The van der Waals surface area contributed by atoms with Crippen LogP contribution in [0.1, 0.15) is 24.8 Å². The van der Waals surface area contributed by atoms with Gasteiger partial charge in [-0.2, -0.15) is 0 Å². The molecular weight excluding hydrogens is 260 g/mol. The summed E-state index contributed by atoms with van der Waals surface area (Å²) < 4.78 is 5.43. The van der Waals surface area contributed by atoms with Gasteiger partial charge in [0.1, 0.15) is 0 Å². The first-order valence-corrected chi connectivity index (χ1v) is 8.41. The summed E-state index contributed by atoms with van der Waals surface area (Å²) in [5.41, 5.74) is 3.28. The molecule has 3 aliphatic rings. The van der Waals surface area contributed by atoms with Crippen LogP contribution < -0.4 is 10.2 Å². The molecule has 1 aromatic carbocycles. The first-order chi connectivity index (χ1) is 10.4. The molecule has 3 heteroatoms. The lowest BCUT2D eigenvalue weighted by Gasteiger charge is -2.29. The van der Waals surface area contributed by atoms with E-state index in [0.29, 0.717) is 11.3 Å². The molecule has 114 valence electrons. The highest BCUT2D eigenvalue weighted by atomic mass is 16.5. The topological polar surface area (TPSA) is 24.5 Å². The maximum Gasteiger partial charge on any atom is 0.0503 e. The first kappa shape index (κ1) is 13.6. The van der Waals surface area contributed by atoms with Crippen LogP contribution in [0.25, 0.3) is 0 Å². The number of hydrogen-bond donors (Lipinski definition) is 1. The molecule has 4 rings (SSSR count). The Bertz CT molecular complexity index is 494. The summed E-state index contributed by atoms with van der Waals surface area (Å²) in [7, 11) is 1.83. The van der Waals surface area contributed by atoms with Gasteiger partial charge in [-0.3, -0.25) is 0 Å². The van der Waals surface area contributed by atoms with Crippen LogP contribution in [0.3, 0.4) is 0 Å². The standard InChI is InChI=1S/C18H26N2O/c1-21-12-17-16-11-19-13-18(16,17)14-5-7-15(8-6-14)20-9-3-2-4-10-20/h5-8,16-17,19H,2-4,9-13H2,1H3. The second-order valence-electron chi connectivity index (χ2n) is 6.93. The van der Waals surface area contributed by atoms with Gasteiger partial charge < -0.3 is 15.0 Å². The average Bonchev–Trinajstić information content (AvgIpc) is 2.94. The van der Waals surface area contributed by atoms with Crippen molar-refractivity contribution in [3.8, 4) is 0 Å². The maximum absolute atomic E-state index is 5.43. The third-order valence-corrected chi connectivity index (χ3v) is 5.95. The number of ether oxygens (including phenoxy) is 1. The molecule has 3 unspecified atom stereocenters. The Morgan fingerprint density at radius 3 is 2.67 bits per heavy atom. The fraction of sp³-hybridized carbons (Fsp3) is 0.667. The number of nitrogens with one attached hydrogen (secondary N) is 1. The fourth-order valence-electron chi connectivity index (χ4n) is 4.73. The van der Waals surface area contributed by atoms with E-state index in [1.165, 1.54) is 43.6 Å². The van der Waals surface area contributed by atoms with Gasteiger partial charge in [-0.05, 0) is 55.3 Å². The Hall–Kier alpha value is -1.06. The smallest absolute Gasteiger partial charge is 0.0503 e. The van der Waals surface area contributed by atoms with Crippen LogP contribution in [0.4, 0.5) is 5.69 Å². The van der Waals surface area contributed by atoms with Crippen LogP contribution in [0.15, 0.2) is 24.3 Å². The third-order valence-electron chi connectivity index (χ3n) is 5.95. The summed E-state index contributed by atoms with van der Waals surface area (Å²) in [6, 6.07) is 9.43. The van der Waals surface area contributed by atoms with Crippen molar-refractivity contribution in [2.45, 2.75) is 24.7 Å². The summed E-state index contributed by atoms with van der Waals surface area (Å²) >= 11 is 0. The van der Waals surface area contributed by atoms with Crippen molar-refractivity contribution < 1.29 is 4.74 Å². The van der Waals surface area contributed by atoms with Crippen molar-refractivity contribution >= 4 is 5.69 Å². The molecule has 3 fully saturated rings. The van der Waals surface area contributed by atoms with Gasteiger partial charge in [0.25, 0.3) is 0 Å². The highest BCUT2D eigenvalue weighted by Crippen LogP contribution is 2.62. The Kier molecular flexibility index (Phi) is 3.43. The summed E-state index contributed by atoms with van der Waals surface area (Å²) in [6.45, 7) is 5.62. The van der Waals surface area contributed by atoms with Gasteiger partial charge in [-0.1, -0.05) is 12.1 Å². The van der Waals surface area contributed by atoms with Crippen LogP contribution in [0.5, 0.6) is 0 Å². The van der Waals surface area contributed by atoms with Gasteiger partial charge in [-0.25, -0.2) is 0 Å². The summed E-state index contributed by atoms with van der Waals surface area (Å²) in [5.74, 6) is 1.49. The van der Waals surface area contributed by atoms with E-state index in [2.05, 4.69) is 34.5 Å². The third kappa shape index (κ3) is 2.09. The molecule has 0 spiro atoms. The number of benzene rings is 1. The SMILES string of the molecule is COCC1C2CNCC21c1ccc(N2CCCCC2)cc1. The van der Waals surface area contributed by atoms with E-state index >= 15 is 0 Å². The van der Waals surface area contributed by atoms with Gasteiger partial charge >= 0.3 is 0 Å². The Morgan fingerprint density at radius 2 is 1.95 bits per heavy atom. The summed E-state index contributed by atoms with van der Waals surface area (Å²) in [6.07, 6.45) is 4.07. The zero-order valence-corrected chi connectivity index (χ0v) is 13.0. The molecule has 1 N–H and O–H groups in total. The van der Waals surface area contributed by atoms with Crippen molar-refractivity contribution in [3.05, 3.63) is 29.8 Å². The molecular formula is C18H26N2O. The van der Waals surface area contributed by atoms with E-state index in [-0.39, 0.29) is 0 Å². The molecule has 1 aromatic rings. The number of fused-ring (bicyclic) bond motifs is 1. The summed E-state index contributed by atoms with van der Waals surface area (Å²) in [4.78, 5) is 2.54. The van der Waals surface area contributed by atoms with Gasteiger partial charge in [-0.15, -0.1) is 0 Å². The zero-order valence-electron chi connectivity index (χ0n) is 13.0. The van der Waals surface area contributed by atoms with Crippen molar-refractivity contribution in [2.24, 2.45) is 11.8 Å². The van der Waals surface area contributed by atoms with Crippen molar-refractivity contribution in [2.75, 3.05) is 44.8 Å². The van der Waals surface area contributed by atoms with E-state index in [1.807, 2.05) is 7.11 Å². The molecule has 1 saturated carbocycles. The van der Waals surface area contributed by atoms with E-state index < -0.39 is 0 Å². The monoisotopic (exact) mass is 286 g/mol. The lowest BCUT2D eigenvalue weighted by Crippen LogP contribution is -2.29. The number of hydrogen-bond acceptors (Lipinski definition) is 3. The van der Waals surface area contributed by atoms with Gasteiger partial charge in [0.05, 0.1) is 6.61 Å². The number of piperidine rings is 2. The minimum Gasteiger partial charge on any atom is -0.384 e. The number of methoxy groups -OCH3 is 1. The molecule has 3 atom stereocenters. The Labute approximate surface area is 127 Å². The van der Waals surface area contributed by atoms with E-state index in [1.54, 1.807) is 0 Å². The molecule has 0 aromatic heterocycles.